The fourth-order valence-corrected chi connectivity index (χ4v) is 1.12. The van der Waals surface area contributed by atoms with Crippen LogP contribution in [0.4, 0.5) is 13.2 Å². The van der Waals surface area contributed by atoms with Gasteiger partial charge in [-0.05, 0) is 12.5 Å². The van der Waals surface area contributed by atoms with Crippen LogP contribution in [0, 0.1) is 5.41 Å². The lowest BCUT2D eigenvalue weighted by Gasteiger charge is -2.22. The maximum atomic E-state index is 11.9. The maximum Gasteiger partial charge on any atom is 0.401 e. The number of hydrogen-bond acceptors (Lipinski definition) is 2. The first-order valence-corrected chi connectivity index (χ1v) is 5.06. The van der Waals surface area contributed by atoms with Gasteiger partial charge in [-0.3, -0.25) is 4.90 Å². The fraction of sp³-hybridized carbons (Fsp3) is 1.00. The van der Waals surface area contributed by atoms with E-state index in [1.54, 1.807) is 0 Å². The molecule has 0 bridgehead atoms. The molecule has 15 heavy (non-hydrogen) atoms. The molecule has 0 unspecified atom stereocenters. The third kappa shape index (κ3) is 11.6. The van der Waals surface area contributed by atoms with Crippen molar-refractivity contribution in [3.63, 3.8) is 0 Å². The van der Waals surface area contributed by atoms with Crippen molar-refractivity contribution in [3.8, 4) is 0 Å². The van der Waals surface area contributed by atoms with Crippen molar-refractivity contribution in [1.29, 1.82) is 0 Å². The van der Waals surface area contributed by atoms with Crippen LogP contribution in [0.15, 0.2) is 0 Å². The third-order valence-electron chi connectivity index (χ3n) is 1.77. The number of likely N-dealkylation sites (N-methyl/N-ethyl adjacent to an activating group) is 1. The zero-order valence-electron chi connectivity index (χ0n) is 9.91. The van der Waals surface area contributed by atoms with E-state index in [2.05, 4.69) is 26.1 Å². The quantitative estimate of drug-likeness (QED) is 0.722. The second-order valence-corrected chi connectivity index (χ2v) is 5.09. The molecule has 5 heteroatoms. The highest BCUT2D eigenvalue weighted by Crippen LogP contribution is 2.15. The summed E-state index contributed by atoms with van der Waals surface area (Å²) in [6, 6.07) is 0. The first-order valence-electron chi connectivity index (χ1n) is 5.06. The Labute approximate surface area is 89.8 Å². The van der Waals surface area contributed by atoms with Gasteiger partial charge in [0, 0.05) is 19.6 Å². The topological polar surface area (TPSA) is 15.3 Å². The molecule has 0 aromatic heterocycles. The number of hydrogen-bond donors (Lipinski definition) is 1. The highest BCUT2D eigenvalue weighted by Gasteiger charge is 2.28. The van der Waals surface area contributed by atoms with E-state index in [4.69, 9.17) is 0 Å². The van der Waals surface area contributed by atoms with Crippen molar-refractivity contribution in [1.82, 2.24) is 10.2 Å². The molecule has 0 amide bonds. The molecule has 0 heterocycles. The van der Waals surface area contributed by atoms with Gasteiger partial charge in [0.1, 0.15) is 0 Å². The van der Waals surface area contributed by atoms with Crippen molar-refractivity contribution in [2.24, 2.45) is 5.41 Å². The van der Waals surface area contributed by atoms with Gasteiger partial charge in [-0.15, -0.1) is 0 Å². The van der Waals surface area contributed by atoms with Crippen molar-refractivity contribution in [2.45, 2.75) is 26.9 Å². The van der Waals surface area contributed by atoms with E-state index in [0.29, 0.717) is 13.1 Å². The molecule has 0 saturated heterocycles. The smallest absolute Gasteiger partial charge is 0.315 e. The molecule has 0 spiro atoms. The first kappa shape index (κ1) is 14.7. The number of halogens is 3. The largest absolute Gasteiger partial charge is 0.401 e. The highest BCUT2D eigenvalue weighted by atomic mass is 19.4. The standard InChI is InChI=1S/C10H21F3N2/c1-9(2,3)7-14-5-6-15(4)8-10(11,12)13/h14H,5-8H2,1-4H3. The van der Waals surface area contributed by atoms with E-state index in [1.807, 2.05) is 0 Å². The van der Waals surface area contributed by atoms with Crippen molar-refractivity contribution in [3.05, 3.63) is 0 Å². The van der Waals surface area contributed by atoms with Gasteiger partial charge in [0.25, 0.3) is 0 Å². The summed E-state index contributed by atoms with van der Waals surface area (Å²) in [4.78, 5) is 1.27. The van der Waals surface area contributed by atoms with Gasteiger partial charge in [-0.2, -0.15) is 13.2 Å². The van der Waals surface area contributed by atoms with Crippen LogP contribution in [0.25, 0.3) is 0 Å². The molecule has 92 valence electrons. The Morgan fingerprint density at radius 1 is 1.13 bits per heavy atom. The number of nitrogens with zero attached hydrogens (tertiary/aromatic N) is 1. The average Bonchev–Trinajstić information content (AvgIpc) is 1.92. The zero-order chi connectivity index (χ0) is 12.1. The fourth-order valence-electron chi connectivity index (χ4n) is 1.12. The summed E-state index contributed by atoms with van der Waals surface area (Å²) in [6.07, 6.45) is -4.10. The highest BCUT2D eigenvalue weighted by molar-refractivity contribution is 4.66. The molecule has 0 aliphatic rings. The molecule has 0 radical (unpaired) electrons. The number of rotatable bonds is 5. The van der Waals surface area contributed by atoms with E-state index in [9.17, 15) is 13.2 Å². The van der Waals surface area contributed by atoms with E-state index in [1.165, 1.54) is 11.9 Å². The lowest BCUT2D eigenvalue weighted by molar-refractivity contribution is -0.142. The van der Waals surface area contributed by atoms with Gasteiger partial charge < -0.3 is 5.32 Å². The van der Waals surface area contributed by atoms with Gasteiger partial charge in [-0.1, -0.05) is 20.8 Å². The molecular weight excluding hydrogens is 205 g/mol. The van der Waals surface area contributed by atoms with Crippen LogP contribution in [0.5, 0.6) is 0 Å². The molecule has 0 fully saturated rings. The summed E-state index contributed by atoms with van der Waals surface area (Å²) in [7, 11) is 1.48. The average molecular weight is 226 g/mol. The monoisotopic (exact) mass is 226 g/mol. The van der Waals surface area contributed by atoms with E-state index in [0.717, 1.165) is 6.54 Å². The summed E-state index contributed by atoms with van der Waals surface area (Å²) in [5.74, 6) is 0. The minimum Gasteiger partial charge on any atom is -0.315 e. The van der Waals surface area contributed by atoms with Gasteiger partial charge in [0.15, 0.2) is 0 Å². The predicted molar refractivity (Wildman–Crippen MR) is 55.9 cm³/mol. The van der Waals surface area contributed by atoms with Gasteiger partial charge >= 0.3 is 6.18 Å². The molecule has 0 rings (SSSR count). The second-order valence-electron chi connectivity index (χ2n) is 5.09. The summed E-state index contributed by atoms with van der Waals surface area (Å²) in [5, 5.41) is 3.13. The van der Waals surface area contributed by atoms with Crippen LogP contribution < -0.4 is 5.32 Å². The van der Waals surface area contributed by atoms with Crippen LogP contribution in [-0.4, -0.2) is 44.3 Å². The zero-order valence-corrected chi connectivity index (χ0v) is 9.91. The molecule has 1 N–H and O–H groups in total. The lowest BCUT2D eigenvalue weighted by Crippen LogP contribution is -2.37. The minimum absolute atomic E-state index is 0.169. The molecular formula is C10H21F3N2. The molecule has 0 saturated carbocycles. The SMILES string of the molecule is CN(CCNCC(C)(C)C)CC(F)(F)F. The summed E-state index contributed by atoms with van der Waals surface area (Å²) < 4.78 is 35.8. The molecule has 0 atom stereocenters. The Hall–Kier alpha value is -0.290. The van der Waals surface area contributed by atoms with Crippen molar-refractivity contribution in [2.75, 3.05) is 33.2 Å². The molecule has 0 aromatic rings. The van der Waals surface area contributed by atoms with E-state index >= 15 is 0 Å². The van der Waals surface area contributed by atoms with Crippen LogP contribution in [0.2, 0.25) is 0 Å². The summed E-state index contributed by atoms with van der Waals surface area (Å²) in [5.41, 5.74) is 0.169. The van der Waals surface area contributed by atoms with E-state index < -0.39 is 12.7 Å². The van der Waals surface area contributed by atoms with Crippen molar-refractivity contribution < 1.29 is 13.2 Å². The van der Waals surface area contributed by atoms with Crippen LogP contribution in [0.3, 0.4) is 0 Å². The molecule has 0 aliphatic carbocycles. The van der Waals surface area contributed by atoms with Gasteiger partial charge in [0.05, 0.1) is 6.54 Å². The van der Waals surface area contributed by atoms with E-state index in [-0.39, 0.29) is 5.41 Å². The Morgan fingerprint density at radius 3 is 2.07 bits per heavy atom. The summed E-state index contributed by atoms with van der Waals surface area (Å²) in [6.45, 7) is 7.22. The Balaban J connectivity index is 3.52. The normalized spacial score (nSPS) is 13.6. The minimum atomic E-state index is -4.10. The van der Waals surface area contributed by atoms with Gasteiger partial charge in [-0.25, -0.2) is 0 Å². The summed E-state index contributed by atoms with van der Waals surface area (Å²) >= 11 is 0. The van der Waals surface area contributed by atoms with Crippen LogP contribution >= 0.6 is 0 Å². The maximum absolute atomic E-state index is 11.9. The Kier molecular flexibility index (Phi) is 5.59. The predicted octanol–water partition coefficient (Wildman–Crippen LogP) is 2.12. The van der Waals surface area contributed by atoms with Gasteiger partial charge in [0.2, 0.25) is 0 Å². The van der Waals surface area contributed by atoms with Crippen LogP contribution in [0.1, 0.15) is 20.8 Å². The number of alkyl halides is 3. The number of nitrogens with one attached hydrogen (secondary N) is 1. The first-order chi connectivity index (χ1) is 6.60. The Morgan fingerprint density at radius 2 is 1.67 bits per heavy atom. The molecule has 0 aliphatic heterocycles. The second kappa shape index (κ2) is 5.70. The Bertz CT molecular complexity index is 172. The molecule has 0 aromatic carbocycles. The van der Waals surface area contributed by atoms with Crippen LogP contribution in [-0.2, 0) is 0 Å². The van der Waals surface area contributed by atoms with Crippen molar-refractivity contribution >= 4 is 0 Å². The third-order valence-corrected chi connectivity index (χ3v) is 1.77. The lowest BCUT2D eigenvalue weighted by atomic mass is 9.97. The molecule has 2 nitrogen and oxygen atoms in total.